The molecular formula is C22H30F3N5O. The fourth-order valence-corrected chi connectivity index (χ4v) is 4.65. The Morgan fingerprint density at radius 1 is 1.23 bits per heavy atom. The summed E-state index contributed by atoms with van der Waals surface area (Å²) >= 11 is 0. The maximum Gasteiger partial charge on any atom is 0.433 e. The number of pyridine rings is 1. The van der Waals surface area contributed by atoms with Gasteiger partial charge in [0.05, 0.1) is 12.7 Å². The Morgan fingerprint density at radius 3 is 2.68 bits per heavy atom. The highest BCUT2D eigenvalue weighted by Crippen LogP contribution is 2.38. The molecule has 0 amide bonds. The normalized spacial score (nSPS) is 25.5. The average molecular weight is 438 g/mol. The van der Waals surface area contributed by atoms with Crippen LogP contribution in [0.15, 0.2) is 18.3 Å². The summed E-state index contributed by atoms with van der Waals surface area (Å²) in [7, 11) is 0. The average Bonchev–Trinajstić information content (AvgIpc) is 3.41. The van der Waals surface area contributed by atoms with E-state index in [2.05, 4.69) is 21.9 Å². The van der Waals surface area contributed by atoms with Crippen molar-refractivity contribution in [2.24, 2.45) is 0 Å². The molecule has 2 aliphatic rings. The van der Waals surface area contributed by atoms with Crippen LogP contribution in [0.5, 0.6) is 0 Å². The van der Waals surface area contributed by atoms with E-state index in [1.54, 1.807) is 0 Å². The van der Waals surface area contributed by atoms with Crippen molar-refractivity contribution in [1.82, 2.24) is 24.6 Å². The van der Waals surface area contributed by atoms with Crippen LogP contribution in [0.4, 0.5) is 13.2 Å². The van der Waals surface area contributed by atoms with Gasteiger partial charge in [-0.25, -0.2) is 9.67 Å². The molecule has 0 radical (unpaired) electrons. The van der Waals surface area contributed by atoms with Crippen LogP contribution in [0, 0.1) is 0 Å². The summed E-state index contributed by atoms with van der Waals surface area (Å²) in [6.45, 7) is 8.99. The first-order valence-electron chi connectivity index (χ1n) is 11.1. The Bertz CT molecular complexity index is 880. The third kappa shape index (κ3) is 4.77. The lowest BCUT2D eigenvalue weighted by molar-refractivity contribution is -0.141. The summed E-state index contributed by atoms with van der Waals surface area (Å²) in [5.41, 5.74) is -0.406. The van der Waals surface area contributed by atoms with Crippen LogP contribution in [0.25, 0.3) is 11.4 Å². The molecule has 0 N–H and O–H groups in total. The molecule has 1 saturated heterocycles. The molecule has 31 heavy (non-hydrogen) atoms. The molecule has 2 aromatic rings. The van der Waals surface area contributed by atoms with Crippen molar-refractivity contribution in [3.8, 4) is 11.4 Å². The number of ether oxygens (including phenoxy) is 1. The van der Waals surface area contributed by atoms with E-state index in [-0.39, 0.29) is 6.04 Å². The minimum Gasteiger partial charge on any atom is -0.376 e. The summed E-state index contributed by atoms with van der Waals surface area (Å²) in [6, 6.07) is 3.01. The Labute approximate surface area is 180 Å². The fourth-order valence-electron chi connectivity index (χ4n) is 4.65. The smallest absolute Gasteiger partial charge is 0.376 e. The second-order valence-corrected chi connectivity index (χ2v) is 8.82. The third-order valence-corrected chi connectivity index (χ3v) is 6.37. The van der Waals surface area contributed by atoms with Crippen molar-refractivity contribution in [3.63, 3.8) is 0 Å². The van der Waals surface area contributed by atoms with Crippen LogP contribution >= 0.6 is 0 Å². The largest absolute Gasteiger partial charge is 0.433 e. The first kappa shape index (κ1) is 22.2. The molecule has 1 aliphatic carbocycles. The number of nitrogens with zero attached hydrogens (tertiary/aromatic N) is 5. The quantitative estimate of drug-likeness (QED) is 0.680. The monoisotopic (exact) mass is 437 g/mol. The number of alkyl halides is 3. The SMILES string of the molecule is CC[C@H]1CN([C@@H]2CC[C@H](c3nc(-c4ccc(C(F)(F)F)nc4)nn3C(C)C)C2)CCO1. The van der Waals surface area contributed by atoms with E-state index in [0.29, 0.717) is 29.5 Å². The van der Waals surface area contributed by atoms with E-state index < -0.39 is 11.9 Å². The van der Waals surface area contributed by atoms with Gasteiger partial charge in [-0.15, -0.1) is 0 Å². The Kier molecular flexibility index (Phi) is 6.35. The fraction of sp³-hybridized carbons (Fsp3) is 0.682. The van der Waals surface area contributed by atoms with Gasteiger partial charge in [0.2, 0.25) is 0 Å². The van der Waals surface area contributed by atoms with Gasteiger partial charge in [0.25, 0.3) is 0 Å². The number of halogens is 3. The van der Waals surface area contributed by atoms with Crippen LogP contribution in [-0.2, 0) is 10.9 Å². The van der Waals surface area contributed by atoms with E-state index in [1.165, 1.54) is 12.3 Å². The van der Waals surface area contributed by atoms with Gasteiger partial charge in [0.1, 0.15) is 11.5 Å². The molecular weight excluding hydrogens is 407 g/mol. The van der Waals surface area contributed by atoms with E-state index in [0.717, 1.165) is 57.3 Å². The predicted molar refractivity (Wildman–Crippen MR) is 111 cm³/mol. The molecule has 0 spiro atoms. The maximum atomic E-state index is 12.8. The van der Waals surface area contributed by atoms with Crippen molar-refractivity contribution in [3.05, 3.63) is 29.8 Å². The van der Waals surface area contributed by atoms with Gasteiger partial charge in [0.15, 0.2) is 5.82 Å². The first-order chi connectivity index (χ1) is 14.8. The Hall–Kier alpha value is -2.00. The van der Waals surface area contributed by atoms with Gasteiger partial charge in [-0.3, -0.25) is 9.88 Å². The van der Waals surface area contributed by atoms with Gasteiger partial charge in [-0.05, 0) is 51.7 Å². The Balaban J connectivity index is 1.53. The second-order valence-electron chi connectivity index (χ2n) is 8.82. The number of morpholine rings is 1. The van der Waals surface area contributed by atoms with Gasteiger partial charge in [0, 0.05) is 42.9 Å². The zero-order valence-electron chi connectivity index (χ0n) is 18.3. The van der Waals surface area contributed by atoms with E-state index >= 15 is 0 Å². The van der Waals surface area contributed by atoms with Crippen LogP contribution in [-0.4, -0.2) is 56.5 Å². The summed E-state index contributed by atoms with van der Waals surface area (Å²) in [5.74, 6) is 1.65. The maximum absolute atomic E-state index is 12.8. The van der Waals surface area contributed by atoms with Crippen LogP contribution in [0.3, 0.4) is 0 Å². The lowest BCUT2D eigenvalue weighted by atomic mass is 10.1. The molecule has 6 nitrogen and oxygen atoms in total. The molecule has 9 heteroatoms. The molecule has 170 valence electrons. The number of rotatable bonds is 5. The highest BCUT2D eigenvalue weighted by molar-refractivity contribution is 5.53. The molecule has 0 unspecified atom stereocenters. The van der Waals surface area contributed by atoms with Crippen molar-refractivity contribution < 1.29 is 17.9 Å². The molecule has 4 rings (SSSR count). The van der Waals surface area contributed by atoms with Crippen molar-refractivity contribution in [2.45, 2.75) is 76.7 Å². The first-order valence-corrected chi connectivity index (χ1v) is 11.1. The molecule has 0 aromatic carbocycles. The van der Waals surface area contributed by atoms with Crippen molar-refractivity contribution in [1.29, 1.82) is 0 Å². The topological polar surface area (TPSA) is 56.1 Å². The van der Waals surface area contributed by atoms with Gasteiger partial charge in [-0.1, -0.05) is 6.92 Å². The number of hydrogen-bond acceptors (Lipinski definition) is 5. The molecule has 3 heterocycles. The summed E-state index contributed by atoms with van der Waals surface area (Å²) < 4.78 is 46.2. The number of aromatic nitrogens is 4. The minimum absolute atomic E-state index is 0.116. The Morgan fingerprint density at radius 2 is 2.03 bits per heavy atom. The molecule has 2 fully saturated rings. The van der Waals surface area contributed by atoms with Crippen molar-refractivity contribution >= 4 is 0 Å². The highest BCUT2D eigenvalue weighted by Gasteiger charge is 2.36. The van der Waals surface area contributed by atoms with Crippen LogP contribution in [0.1, 0.15) is 69.9 Å². The summed E-state index contributed by atoms with van der Waals surface area (Å²) in [6.07, 6.45) is 1.27. The van der Waals surface area contributed by atoms with E-state index in [9.17, 15) is 13.2 Å². The zero-order valence-corrected chi connectivity index (χ0v) is 18.3. The number of hydrogen-bond donors (Lipinski definition) is 0. The predicted octanol–water partition coefficient (Wildman–Crippen LogP) is 4.69. The van der Waals surface area contributed by atoms with Crippen LogP contribution in [0.2, 0.25) is 0 Å². The molecule has 1 saturated carbocycles. The van der Waals surface area contributed by atoms with Gasteiger partial charge >= 0.3 is 6.18 Å². The van der Waals surface area contributed by atoms with E-state index in [1.807, 2.05) is 18.5 Å². The van der Waals surface area contributed by atoms with Crippen molar-refractivity contribution in [2.75, 3.05) is 19.7 Å². The molecule has 1 aliphatic heterocycles. The standard InChI is InChI=1S/C22H30F3N5O/c1-4-18-13-29(9-10-31-18)17-7-5-15(11-17)21-27-20(28-30(21)14(2)3)16-6-8-19(26-12-16)22(23,24)25/h6,8,12,14-15,17-18H,4-5,7,9-11,13H2,1-3H3/t15-,17+,18-/m0/s1. The lowest BCUT2D eigenvalue weighted by Crippen LogP contribution is -2.46. The summed E-state index contributed by atoms with van der Waals surface area (Å²) in [5, 5.41) is 4.63. The highest BCUT2D eigenvalue weighted by atomic mass is 19.4. The van der Waals surface area contributed by atoms with Gasteiger partial charge < -0.3 is 4.74 Å². The molecule has 3 atom stereocenters. The third-order valence-electron chi connectivity index (χ3n) is 6.37. The summed E-state index contributed by atoms with van der Waals surface area (Å²) in [4.78, 5) is 10.9. The minimum atomic E-state index is -4.45. The molecule has 0 bridgehead atoms. The molecule has 2 aromatic heterocycles. The van der Waals surface area contributed by atoms with E-state index in [4.69, 9.17) is 9.72 Å². The second kappa shape index (κ2) is 8.86. The lowest BCUT2D eigenvalue weighted by Gasteiger charge is -2.36. The zero-order chi connectivity index (χ0) is 22.2. The van der Waals surface area contributed by atoms with Gasteiger partial charge in [-0.2, -0.15) is 18.3 Å². The van der Waals surface area contributed by atoms with Crippen LogP contribution < -0.4 is 0 Å².